The maximum Gasteiger partial charge on any atom is 0.228 e. The van der Waals surface area contributed by atoms with E-state index in [4.69, 9.17) is 14.2 Å². The highest BCUT2D eigenvalue weighted by atomic mass is 16.5. The van der Waals surface area contributed by atoms with E-state index in [-0.39, 0.29) is 18.4 Å². The molecule has 0 N–H and O–H groups in total. The molecule has 2 aromatic carbocycles. The Morgan fingerprint density at radius 2 is 1.81 bits per heavy atom. The van der Waals surface area contributed by atoms with E-state index in [1.165, 1.54) is 0 Å². The Morgan fingerprint density at radius 1 is 0.919 bits per heavy atom. The molecule has 5 rings (SSSR count). The average molecular weight is 497 g/mol. The topological polar surface area (TPSA) is 86.7 Å². The number of pyridine rings is 1. The molecule has 3 heterocycles. The zero-order chi connectivity index (χ0) is 25.3. The van der Waals surface area contributed by atoms with E-state index in [1.54, 1.807) is 29.4 Å². The van der Waals surface area contributed by atoms with Gasteiger partial charge in [-0.15, -0.1) is 0 Å². The minimum absolute atomic E-state index is 0.0218. The summed E-state index contributed by atoms with van der Waals surface area (Å²) in [7, 11) is 0. The molecule has 8 heteroatoms. The van der Waals surface area contributed by atoms with Crippen molar-refractivity contribution in [3.63, 3.8) is 0 Å². The molecule has 1 aliphatic rings. The van der Waals surface area contributed by atoms with E-state index in [2.05, 4.69) is 15.2 Å². The van der Waals surface area contributed by atoms with Crippen molar-refractivity contribution >= 4 is 5.91 Å². The Balaban J connectivity index is 1.05. The molecule has 0 unspecified atom stereocenters. The van der Waals surface area contributed by atoms with E-state index in [0.29, 0.717) is 44.5 Å². The fourth-order valence-electron chi connectivity index (χ4n) is 3.95. The molecule has 0 aliphatic carbocycles. The van der Waals surface area contributed by atoms with Crippen molar-refractivity contribution in [2.45, 2.75) is 19.1 Å². The fraction of sp³-hybridized carbons (Fsp3) is 0.241. The monoisotopic (exact) mass is 496 g/mol. The third kappa shape index (κ3) is 6.89. The second-order valence-corrected chi connectivity index (χ2v) is 8.73. The van der Waals surface area contributed by atoms with Gasteiger partial charge in [-0.05, 0) is 41.5 Å². The van der Waals surface area contributed by atoms with Crippen LogP contribution in [0.5, 0.6) is 11.6 Å². The summed E-state index contributed by atoms with van der Waals surface area (Å²) in [5, 5.41) is 7.77. The first-order chi connectivity index (χ1) is 18.2. The molecule has 0 saturated carbocycles. The lowest BCUT2D eigenvalue weighted by Crippen LogP contribution is -2.56. The van der Waals surface area contributed by atoms with Crippen molar-refractivity contribution in [1.29, 1.82) is 0 Å². The van der Waals surface area contributed by atoms with Crippen molar-refractivity contribution < 1.29 is 19.0 Å². The lowest BCUT2D eigenvalue weighted by atomic mass is 10.1. The number of ether oxygens (including phenoxy) is 3. The van der Waals surface area contributed by atoms with E-state index in [0.717, 1.165) is 22.4 Å². The number of rotatable bonds is 11. The van der Waals surface area contributed by atoms with Crippen molar-refractivity contribution in [1.82, 2.24) is 20.1 Å². The Bertz CT molecular complexity index is 1280. The van der Waals surface area contributed by atoms with Gasteiger partial charge in [0, 0.05) is 24.0 Å². The number of nitrogens with zero attached hydrogens (tertiary/aromatic N) is 4. The first-order valence-electron chi connectivity index (χ1n) is 12.2. The SMILES string of the molecule is O=C(Cc1cccnn1)N1CC(Oc2ccc(-c3cccc(OCCOCc4ccccc4)c3)cn2)C1. The summed E-state index contributed by atoms with van der Waals surface area (Å²) in [6.07, 6.45) is 3.56. The molecule has 1 aliphatic heterocycles. The maximum atomic E-state index is 12.3. The number of likely N-dealkylation sites (tertiary alicyclic amines) is 1. The summed E-state index contributed by atoms with van der Waals surface area (Å²) >= 11 is 0. The number of hydrogen-bond acceptors (Lipinski definition) is 7. The summed E-state index contributed by atoms with van der Waals surface area (Å²) < 4.78 is 17.5. The fourth-order valence-corrected chi connectivity index (χ4v) is 3.95. The van der Waals surface area contributed by atoms with Gasteiger partial charge in [0.1, 0.15) is 18.5 Å². The molecular formula is C29H28N4O4. The minimum Gasteiger partial charge on any atom is -0.491 e. The van der Waals surface area contributed by atoms with Gasteiger partial charge in [0.05, 0.1) is 38.4 Å². The highest BCUT2D eigenvalue weighted by Crippen LogP contribution is 2.25. The summed E-state index contributed by atoms with van der Waals surface area (Å²) in [6.45, 7) is 2.63. The van der Waals surface area contributed by atoms with Gasteiger partial charge in [-0.1, -0.05) is 42.5 Å². The maximum absolute atomic E-state index is 12.3. The lowest BCUT2D eigenvalue weighted by molar-refractivity contribution is -0.139. The molecule has 0 bridgehead atoms. The Hall–Kier alpha value is -4.30. The number of amides is 1. The highest BCUT2D eigenvalue weighted by molar-refractivity contribution is 5.79. The Labute approximate surface area is 215 Å². The summed E-state index contributed by atoms with van der Waals surface area (Å²) in [5.41, 5.74) is 3.78. The summed E-state index contributed by atoms with van der Waals surface area (Å²) in [5.74, 6) is 1.34. The number of aromatic nitrogens is 3. The van der Waals surface area contributed by atoms with Gasteiger partial charge in [-0.25, -0.2) is 4.98 Å². The van der Waals surface area contributed by atoms with Gasteiger partial charge in [0.25, 0.3) is 0 Å². The van der Waals surface area contributed by atoms with Crippen LogP contribution in [0.3, 0.4) is 0 Å². The van der Waals surface area contributed by atoms with Crippen molar-refractivity contribution in [3.8, 4) is 22.8 Å². The van der Waals surface area contributed by atoms with Crippen LogP contribution < -0.4 is 9.47 Å². The summed E-state index contributed by atoms with van der Waals surface area (Å²) in [4.78, 5) is 18.6. The molecule has 2 aromatic heterocycles. The molecule has 0 spiro atoms. The van der Waals surface area contributed by atoms with Gasteiger partial charge in [-0.3, -0.25) is 4.79 Å². The quantitative estimate of drug-likeness (QED) is 0.291. The predicted octanol–water partition coefficient (Wildman–Crippen LogP) is 3.97. The molecule has 37 heavy (non-hydrogen) atoms. The highest BCUT2D eigenvalue weighted by Gasteiger charge is 2.32. The lowest BCUT2D eigenvalue weighted by Gasteiger charge is -2.38. The van der Waals surface area contributed by atoms with Crippen molar-refractivity contribution in [2.24, 2.45) is 0 Å². The van der Waals surface area contributed by atoms with Crippen LogP contribution in [0, 0.1) is 0 Å². The van der Waals surface area contributed by atoms with Crippen LogP contribution in [0.4, 0.5) is 0 Å². The number of carbonyl (C=O) groups excluding carboxylic acids is 1. The molecule has 8 nitrogen and oxygen atoms in total. The molecule has 4 aromatic rings. The van der Waals surface area contributed by atoms with Crippen LogP contribution in [0.15, 0.2) is 91.3 Å². The van der Waals surface area contributed by atoms with Gasteiger partial charge >= 0.3 is 0 Å². The minimum atomic E-state index is -0.0648. The van der Waals surface area contributed by atoms with Crippen LogP contribution in [0.1, 0.15) is 11.3 Å². The number of carbonyl (C=O) groups is 1. The van der Waals surface area contributed by atoms with Crippen LogP contribution in [0.2, 0.25) is 0 Å². The zero-order valence-electron chi connectivity index (χ0n) is 20.4. The van der Waals surface area contributed by atoms with E-state index >= 15 is 0 Å². The van der Waals surface area contributed by atoms with Crippen LogP contribution in [0.25, 0.3) is 11.1 Å². The molecule has 1 saturated heterocycles. The Morgan fingerprint density at radius 3 is 2.59 bits per heavy atom. The van der Waals surface area contributed by atoms with Gasteiger partial charge < -0.3 is 19.1 Å². The first-order valence-corrected chi connectivity index (χ1v) is 12.2. The average Bonchev–Trinajstić information content (AvgIpc) is 2.92. The zero-order valence-corrected chi connectivity index (χ0v) is 20.4. The third-order valence-electron chi connectivity index (χ3n) is 5.96. The number of benzene rings is 2. The van der Waals surface area contributed by atoms with E-state index in [9.17, 15) is 4.79 Å². The van der Waals surface area contributed by atoms with Crippen LogP contribution in [-0.4, -0.2) is 58.4 Å². The van der Waals surface area contributed by atoms with Crippen LogP contribution >= 0.6 is 0 Å². The van der Waals surface area contributed by atoms with Gasteiger partial charge in [0.15, 0.2) is 0 Å². The largest absolute Gasteiger partial charge is 0.491 e. The normalized spacial score (nSPS) is 13.1. The van der Waals surface area contributed by atoms with Gasteiger partial charge in [-0.2, -0.15) is 10.2 Å². The molecular weight excluding hydrogens is 468 g/mol. The second kappa shape index (κ2) is 12.1. The first kappa shape index (κ1) is 24.4. The molecule has 0 radical (unpaired) electrons. The Kier molecular flexibility index (Phi) is 7.98. The van der Waals surface area contributed by atoms with Crippen LogP contribution in [-0.2, 0) is 22.6 Å². The van der Waals surface area contributed by atoms with E-state index in [1.807, 2.05) is 66.7 Å². The third-order valence-corrected chi connectivity index (χ3v) is 5.96. The van der Waals surface area contributed by atoms with Crippen molar-refractivity contribution in [3.05, 3.63) is 103 Å². The molecule has 1 fully saturated rings. The predicted molar refractivity (Wildman–Crippen MR) is 138 cm³/mol. The molecule has 188 valence electrons. The van der Waals surface area contributed by atoms with Crippen molar-refractivity contribution in [2.75, 3.05) is 26.3 Å². The smallest absolute Gasteiger partial charge is 0.228 e. The van der Waals surface area contributed by atoms with E-state index < -0.39 is 0 Å². The number of hydrogen-bond donors (Lipinski definition) is 0. The summed E-state index contributed by atoms with van der Waals surface area (Å²) in [6, 6.07) is 25.4. The standard InChI is InChI=1S/C29H28N4O4/c34-29(17-25-9-5-13-31-32-25)33-19-27(20-33)37-28-12-11-24(18-30-28)23-8-4-10-26(16-23)36-15-14-35-21-22-6-2-1-3-7-22/h1-13,16,18,27H,14-15,17,19-21H2. The molecule has 1 amide bonds. The molecule has 0 atom stereocenters. The second-order valence-electron chi connectivity index (χ2n) is 8.73. The van der Waals surface area contributed by atoms with Gasteiger partial charge in [0.2, 0.25) is 11.8 Å².